The molecule has 1 atom stereocenters. The molecular formula is C23H28Cl2N2O2S. The zero-order valence-electron chi connectivity index (χ0n) is 17.6. The Hall–Kier alpha value is -1.69. The fraction of sp³-hybridized carbons (Fsp3) is 0.391. The molecule has 162 valence electrons. The number of unbranched alkanes of at least 4 members (excludes halogenated alkanes) is 1. The van der Waals surface area contributed by atoms with Crippen molar-refractivity contribution in [3.63, 3.8) is 0 Å². The molecule has 0 spiro atoms. The van der Waals surface area contributed by atoms with E-state index in [1.807, 2.05) is 31.2 Å². The van der Waals surface area contributed by atoms with E-state index in [0.717, 1.165) is 23.3 Å². The molecule has 0 aliphatic heterocycles. The van der Waals surface area contributed by atoms with E-state index in [1.54, 1.807) is 30.0 Å². The average Bonchev–Trinajstić information content (AvgIpc) is 2.72. The van der Waals surface area contributed by atoms with Crippen LogP contribution in [0.2, 0.25) is 10.0 Å². The molecule has 0 bridgehead atoms. The predicted octanol–water partition coefficient (Wildman–Crippen LogP) is 5.73. The summed E-state index contributed by atoms with van der Waals surface area (Å²) in [6, 6.07) is 12.6. The average molecular weight is 467 g/mol. The monoisotopic (exact) mass is 466 g/mol. The molecule has 30 heavy (non-hydrogen) atoms. The van der Waals surface area contributed by atoms with Crippen molar-refractivity contribution in [1.82, 2.24) is 10.2 Å². The van der Waals surface area contributed by atoms with Gasteiger partial charge in [0.2, 0.25) is 11.8 Å². The molecule has 0 saturated carbocycles. The van der Waals surface area contributed by atoms with Crippen LogP contribution in [-0.4, -0.2) is 35.1 Å². The highest BCUT2D eigenvalue weighted by molar-refractivity contribution is 8.00. The summed E-state index contributed by atoms with van der Waals surface area (Å²) in [6.07, 6.45) is 1.88. The van der Waals surface area contributed by atoms with Gasteiger partial charge in [-0.3, -0.25) is 9.59 Å². The first kappa shape index (κ1) is 24.6. The van der Waals surface area contributed by atoms with Crippen molar-refractivity contribution in [3.8, 4) is 0 Å². The maximum absolute atomic E-state index is 13.1. The second kappa shape index (κ2) is 12.2. The van der Waals surface area contributed by atoms with Gasteiger partial charge in [-0.2, -0.15) is 0 Å². The SMILES string of the molecule is CCCCNC(=O)C(C)N(Cc1c(Cl)cccc1Cl)C(=O)CSc1ccc(C)cc1. The highest BCUT2D eigenvalue weighted by atomic mass is 35.5. The summed E-state index contributed by atoms with van der Waals surface area (Å²) in [5, 5.41) is 3.86. The van der Waals surface area contributed by atoms with Crippen molar-refractivity contribution >= 4 is 46.8 Å². The van der Waals surface area contributed by atoms with Gasteiger partial charge in [-0.05, 0) is 44.5 Å². The topological polar surface area (TPSA) is 49.4 Å². The second-order valence-electron chi connectivity index (χ2n) is 7.14. The van der Waals surface area contributed by atoms with E-state index < -0.39 is 6.04 Å². The van der Waals surface area contributed by atoms with Crippen LogP contribution in [0, 0.1) is 6.92 Å². The molecule has 1 unspecified atom stereocenters. The van der Waals surface area contributed by atoms with Crippen molar-refractivity contribution in [2.45, 2.75) is 51.1 Å². The van der Waals surface area contributed by atoms with Crippen LogP contribution in [0.25, 0.3) is 0 Å². The number of carbonyl (C=O) groups is 2. The zero-order valence-corrected chi connectivity index (χ0v) is 19.9. The van der Waals surface area contributed by atoms with Gasteiger partial charge in [-0.15, -0.1) is 11.8 Å². The lowest BCUT2D eigenvalue weighted by Crippen LogP contribution is -2.48. The van der Waals surface area contributed by atoms with Crippen molar-refractivity contribution in [2.75, 3.05) is 12.3 Å². The number of hydrogen-bond donors (Lipinski definition) is 1. The molecule has 2 amide bonds. The molecule has 0 fully saturated rings. The first-order chi connectivity index (χ1) is 14.3. The third-order valence-electron chi connectivity index (χ3n) is 4.77. The number of rotatable bonds is 10. The Labute approximate surface area is 193 Å². The maximum Gasteiger partial charge on any atom is 0.242 e. The number of nitrogens with zero attached hydrogens (tertiary/aromatic N) is 1. The van der Waals surface area contributed by atoms with Crippen LogP contribution in [0.15, 0.2) is 47.4 Å². The smallest absolute Gasteiger partial charge is 0.242 e. The van der Waals surface area contributed by atoms with E-state index >= 15 is 0 Å². The van der Waals surface area contributed by atoms with Crippen LogP contribution in [0.5, 0.6) is 0 Å². The van der Waals surface area contributed by atoms with Gasteiger partial charge in [0.25, 0.3) is 0 Å². The lowest BCUT2D eigenvalue weighted by Gasteiger charge is -2.29. The Bertz CT molecular complexity index is 839. The van der Waals surface area contributed by atoms with E-state index in [-0.39, 0.29) is 24.1 Å². The van der Waals surface area contributed by atoms with Gasteiger partial charge in [0.1, 0.15) is 6.04 Å². The molecule has 2 aromatic carbocycles. The predicted molar refractivity (Wildman–Crippen MR) is 126 cm³/mol. The fourth-order valence-electron chi connectivity index (χ4n) is 2.83. The van der Waals surface area contributed by atoms with Crippen molar-refractivity contribution in [3.05, 3.63) is 63.6 Å². The van der Waals surface area contributed by atoms with E-state index in [1.165, 1.54) is 11.8 Å². The van der Waals surface area contributed by atoms with Crippen LogP contribution in [0.1, 0.15) is 37.8 Å². The molecule has 7 heteroatoms. The fourth-order valence-corrected chi connectivity index (χ4v) is 4.14. The largest absolute Gasteiger partial charge is 0.354 e. The molecule has 0 heterocycles. The van der Waals surface area contributed by atoms with Gasteiger partial charge in [0.05, 0.1) is 5.75 Å². The second-order valence-corrected chi connectivity index (χ2v) is 9.01. The van der Waals surface area contributed by atoms with Gasteiger partial charge < -0.3 is 10.2 Å². The van der Waals surface area contributed by atoms with Crippen LogP contribution < -0.4 is 5.32 Å². The van der Waals surface area contributed by atoms with Crippen LogP contribution >= 0.6 is 35.0 Å². The minimum Gasteiger partial charge on any atom is -0.354 e. The molecule has 0 aliphatic rings. The van der Waals surface area contributed by atoms with Crippen molar-refractivity contribution in [1.29, 1.82) is 0 Å². The number of amides is 2. The van der Waals surface area contributed by atoms with Crippen molar-refractivity contribution < 1.29 is 9.59 Å². The van der Waals surface area contributed by atoms with Crippen LogP contribution in [0.3, 0.4) is 0 Å². The van der Waals surface area contributed by atoms with E-state index in [4.69, 9.17) is 23.2 Å². The standard InChI is InChI=1S/C23H28Cl2N2O2S/c1-4-5-13-26-23(29)17(3)27(14-19-20(24)7-6-8-21(19)25)22(28)15-30-18-11-9-16(2)10-12-18/h6-12,17H,4-5,13-15H2,1-3H3,(H,26,29). The minimum atomic E-state index is -0.639. The first-order valence-electron chi connectivity index (χ1n) is 10.0. The summed E-state index contributed by atoms with van der Waals surface area (Å²) < 4.78 is 0. The lowest BCUT2D eigenvalue weighted by molar-refractivity contribution is -0.138. The van der Waals surface area contributed by atoms with Crippen LogP contribution in [0.4, 0.5) is 0 Å². The summed E-state index contributed by atoms with van der Waals surface area (Å²) in [5.41, 5.74) is 1.81. The Morgan fingerprint density at radius 2 is 1.73 bits per heavy atom. The third kappa shape index (κ3) is 7.22. The van der Waals surface area contributed by atoms with E-state index in [9.17, 15) is 9.59 Å². The quantitative estimate of drug-likeness (QED) is 0.359. The Balaban J connectivity index is 2.17. The number of nitrogens with one attached hydrogen (secondary N) is 1. The summed E-state index contributed by atoms with van der Waals surface area (Å²) in [5.74, 6) is -0.104. The number of halogens is 2. The summed E-state index contributed by atoms with van der Waals surface area (Å²) in [4.78, 5) is 28.3. The molecule has 2 rings (SSSR count). The Kier molecular flexibility index (Phi) is 10.0. The molecule has 0 aliphatic carbocycles. The highest BCUT2D eigenvalue weighted by Gasteiger charge is 2.27. The number of aryl methyl sites for hydroxylation is 1. The number of thioether (sulfide) groups is 1. The molecule has 2 aromatic rings. The third-order valence-corrected chi connectivity index (χ3v) is 6.48. The van der Waals surface area contributed by atoms with E-state index in [0.29, 0.717) is 22.2 Å². The molecular weight excluding hydrogens is 439 g/mol. The summed E-state index contributed by atoms with van der Waals surface area (Å²) in [6.45, 7) is 6.59. The minimum absolute atomic E-state index is 0.144. The van der Waals surface area contributed by atoms with Gasteiger partial charge in [-0.25, -0.2) is 0 Å². The molecule has 4 nitrogen and oxygen atoms in total. The summed E-state index contributed by atoms with van der Waals surface area (Å²) in [7, 11) is 0. The number of hydrogen-bond acceptors (Lipinski definition) is 3. The maximum atomic E-state index is 13.1. The molecule has 0 saturated heterocycles. The molecule has 1 N–H and O–H groups in total. The lowest BCUT2D eigenvalue weighted by atomic mass is 10.1. The first-order valence-corrected chi connectivity index (χ1v) is 11.8. The van der Waals surface area contributed by atoms with Crippen LogP contribution in [-0.2, 0) is 16.1 Å². The molecule has 0 aromatic heterocycles. The zero-order chi connectivity index (χ0) is 22.1. The highest BCUT2D eigenvalue weighted by Crippen LogP contribution is 2.27. The van der Waals surface area contributed by atoms with Gasteiger partial charge >= 0.3 is 0 Å². The van der Waals surface area contributed by atoms with Gasteiger partial charge in [0, 0.05) is 33.6 Å². The number of carbonyl (C=O) groups excluding carboxylic acids is 2. The molecule has 0 radical (unpaired) electrons. The summed E-state index contributed by atoms with van der Waals surface area (Å²) >= 11 is 14.1. The van der Waals surface area contributed by atoms with Crippen molar-refractivity contribution in [2.24, 2.45) is 0 Å². The van der Waals surface area contributed by atoms with E-state index in [2.05, 4.69) is 12.2 Å². The van der Waals surface area contributed by atoms with Gasteiger partial charge in [-0.1, -0.05) is 60.3 Å². The van der Waals surface area contributed by atoms with Gasteiger partial charge in [0.15, 0.2) is 0 Å². The Morgan fingerprint density at radius 3 is 2.33 bits per heavy atom. The normalized spacial score (nSPS) is 11.8. The number of benzene rings is 2. The Morgan fingerprint density at radius 1 is 1.10 bits per heavy atom.